The number of anilines is 1. The van der Waals surface area contributed by atoms with Crippen LogP contribution in [0.1, 0.15) is 13.3 Å². The van der Waals surface area contributed by atoms with E-state index in [4.69, 9.17) is 0 Å². The average Bonchev–Trinajstić information content (AvgIpc) is 2.57. The van der Waals surface area contributed by atoms with Gasteiger partial charge in [-0.25, -0.2) is 8.42 Å². The second kappa shape index (κ2) is 4.90. The van der Waals surface area contributed by atoms with Crippen molar-refractivity contribution in [2.24, 2.45) is 0 Å². The van der Waals surface area contributed by atoms with Gasteiger partial charge in [-0.15, -0.1) is 0 Å². The largest absolute Gasteiger partial charge is 0.380 e. The van der Waals surface area contributed by atoms with E-state index in [0.717, 1.165) is 13.0 Å². The van der Waals surface area contributed by atoms with Gasteiger partial charge in [0.15, 0.2) is 9.84 Å². The van der Waals surface area contributed by atoms with Gasteiger partial charge in [0.1, 0.15) is 0 Å². The van der Waals surface area contributed by atoms with Crippen molar-refractivity contribution in [1.29, 1.82) is 0 Å². The Balaban J connectivity index is 2.20. The van der Waals surface area contributed by atoms with E-state index in [0.29, 0.717) is 22.7 Å². The molecular weight excluding hydrogens is 248 g/mol. The molecule has 0 spiro atoms. The summed E-state index contributed by atoms with van der Waals surface area (Å²) in [5, 5.41) is 3.36. The molecular formula is C13H20N2O2S. The quantitative estimate of drug-likeness (QED) is 0.904. The first-order chi connectivity index (χ1) is 8.38. The van der Waals surface area contributed by atoms with Crippen LogP contribution in [0.5, 0.6) is 0 Å². The third kappa shape index (κ3) is 2.84. The lowest BCUT2D eigenvalue weighted by Crippen LogP contribution is -2.25. The van der Waals surface area contributed by atoms with E-state index in [2.05, 4.69) is 24.2 Å². The molecule has 1 fully saturated rings. The van der Waals surface area contributed by atoms with Gasteiger partial charge in [0, 0.05) is 24.9 Å². The minimum atomic E-state index is -3.18. The number of hydrogen-bond acceptors (Lipinski definition) is 4. The molecule has 1 aromatic rings. The number of rotatable bonds is 3. The van der Waals surface area contributed by atoms with Crippen molar-refractivity contribution in [2.45, 2.75) is 30.3 Å². The topological polar surface area (TPSA) is 49.4 Å². The molecule has 2 unspecified atom stereocenters. The molecule has 5 heteroatoms. The van der Waals surface area contributed by atoms with Gasteiger partial charge >= 0.3 is 0 Å². The first kappa shape index (κ1) is 13.4. The van der Waals surface area contributed by atoms with Crippen LogP contribution in [0.2, 0.25) is 0 Å². The van der Waals surface area contributed by atoms with Gasteiger partial charge in [0.2, 0.25) is 0 Å². The number of sulfone groups is 1. The Labute approximate surface area is 109 Å². The maximum absolute atomic E-state index is 11.7. The van der Waals surface area contributed by atoms with Crippen molar-refractivity contribution in [3.8, 4) is 0 Å². The summed E-state index contributed by atoms with van der Waals surface area (Å²) in [6.07, 6.45) is 2.28. The number of nitrogens with zero attached hydrogens (tertiary/aromatic N) is 1. The Morgan fingerprint density at radius 3 is 2.56 bits per heavy atom. The van der Waals surface area contributed by atoms with Crippen LogP contribution in [-0.2, 0) is 9.84 Å². The predicted octanol–water partition coefficient (Wildman–Crippen LogP) is 1.59. The number of hydrogen-bond donors (Lipinski definition) is 1. The molecule has 0 radical (unpaired) electrons. The number of likely N-dealkylation sites (N-methyl/N-ethyl adjacent to an activating group) is 1. The van der Waals surface area contributed by atoms with Crippen molar-refractivity contribution >= 4 is 15.5 Å². The molecule has 4 nitrogen and oxygen atoms in total. The van der Waals surface area contributed by atoms with Gasteiger partial charge in [0.25, 0.3) is 0 Å². The highest BCUT2D eigenvalue weighted by Crippen LogP contribution is 2.25. The second-order valence-electron chi connectivity index (χ2n) is 5.13. The Kier molecular flexibility index (Phi) is 3.64. The van der Waals surface area contributed by atoms with Gasteiger partial charge in [-0.2, -0.15) is 0 Å². The van der Waals surface area contributed by atoms with Crippen LogP contribution in [-0.4, -0.2) is 45.2 Å². The van der Waals surface area contributed by atoms with Gasteiger partial charge in [-0.05, 0) is 32.5 Å². The first-order valence-electron chi connectivity index (χ1n) is 6.14. The zero-order valence-corrected chi connectivity index (χ0v) is 11.9. The number of likely N-dealkylation sites (tertiary alicyclic amines) is 1. The number of para-hydroxylation sites is 1. The van der Waals surface area contributed by atoms with Crippen molar-refractivity contribution in [3.05, 3.63) is 24.3 Å². The van der Waals surface area contributed by atoms with E-state index < -0.39 is 9.84 Å². The van der Waals surface area contributed by atoms with E-state index >= 15 is 0 Å². The molecule has 0 bridgehead atoms. The number of nitrogens with one attached hydrogen (secondary N) is 1. The fourth-order valence-electron chi connectivity index (χ4n) is 2.43. The lowest BCUT2D eigenvalue weighted by molar-refractivity contribution is 0.330. The van der Waals surface area contributed by atoms with E-state index in [1.54, 1.807) is 12.1 Å². The maximum Gasteiger partial charge on any atom is 0.177 e. The normalized spacial score (nSPS) is 25.3. The summed E-state index contributed by atoms with van der Waals surface area (Å²) in [5.74, 6) is 0. The molecule has 0 aromatic heterocycles. The smallest absolute Gasteiger partial charge is 0.177 e. The summed E-state index contributed by atoms with van der Waals surface area (Å²) < 4.78 is 23.4. The van der Waals surface area contributed by atoms with Crippen LogP contribution >= 0.6 is 0 Å². The molecule has 100 valence electrons. The van der Waals surface area contributed by atoms with E-state index in [1.165, 1.54) is 6.26 Å². The van der Waals surface area contributed by atoms with E-state index in [-0.39, 0.29) is 0 Å². The summed E-state index contributed by atoms with van der Waals surface area (Å²) in [6, 6.07) is 7.95. The fourth-order valence-corrected chi connectivity index (χ4v) is 3.28. The van der Waals surface area contributed by atoms with Crippen LogP contribution in [0, 0.1) is 0 Å². The van der Waals surface area contributed by atoms with E-state index in [9.17, 15) is 8.42 Å². The average molecular weight is 268 g/mol. The molecule has 0 amide bonds. The van der Waals surface area contributed by atoms with Crippen LogP contribution in [0.15, 0.2) is 29.2 Å². The summed E-state index contributed by atoms with van der Waals surface area (Å²) >= 11 is 0. The van der Waals surface area contributed by atoms with Crippen molar-refractivity contribution in [2.75, 3.05) is 25.2 Å². The van der Waals surface area contributed by atoms with Gasteiger partial charge < -0.3 is 10.2 Å². The molecule has 2 rings (SSSR count). The minimum Gasteiger partial charge on any atom is -0.380 e. The minimum absolute atomic E-state index is 0.313. The molecule has 1 aliphatic heterocycles. The Morgan fingerprint density at radius 2 is 2.00 bits per heavy atom. The molecule has 0 aliphatic carbocycles. The van der Waals surface area contributed by atoms with E-state index in [1.807, 2.05) is 12.1 Å². The fraction of sp³-hybridized carbons (Fsp3) is 0.538. The molecule has 1 N–H and O–H groups in total. The third-order valence-corrected chi connectivity index (χ3v) is 4.69. The molecule has 1 aromatic carbocycles. The molecule has 1 heterocycles. The monoisotopic (exact) mass is 268 g/mol. The Morgan fingerprint density at radius 1 is 1.33 bits per heavy atom. The zero-order chi connectivity index (χ0) is 13.3. The van der Waals surface area contributed by atoms with Gasteiger partial charge in [0.05, 0.1) is 10.6 Å². The molecule has 0 saturated carbocycles. The summed E-state index contributed by atoms with van der Waals surface area (Å²) in [7, 11) is -1.09. The maximum atomic E-state index is 11.7. The summed E-state index contributed by atoms with van der Waals surface area (Å²) in [6.45, 7) is 3.13. The molecule has 1 aliphatic rings. The van der Waals surface area contributed by atoms with Crippen LogP contribution in [0.25, 0.3) is 0 Å². The molecule has 18 heavy (non-hydrogen) atoms. The lowest BCUT2D eigenvalue weighted by atomic mass is 10.2. The third-order valence-electron chi connectivity index (χ3n) is 3.53. The standard InChI is InChI=1S/C13H20N2O2S/c1-10-8-11(9-15(10)2)14-12-6-4-5-7-13(12)18(3,16)17/h4-7,10-11,14H,8-9H2,1-3H3. The van der Waals surface area contributed by atoms with Crippen molar-refractivity contribution in [1.82, 2.24) is 4.90 Å². The van der Waals surface area contributed by atoms with Crippen molar-refractivity contribution < 1.29 is 8.42 Å². The number of benzene rings is 1. The molecule has 2 atom stereocenters. The highest BCUT2D eigenvalue weighted by molar-refractivity contribution is 7.90. The Hall–Kier alpha value is -1.07. The van der Waals surface area contributed by atoms with Gasteiger partial charge in [-0.1, -0.05) is 12.1 Å². The first-order valence-corrected chi connectivity index (χ1v) is 8.03. The van der Waals surface area contributed by atoms with Crippen LogP contribution in [0.3, 0.4) is 0 Å². The summed E-state index contributed by atoms with van der Waals surface area (Å²) in [5.41, 5.74) is 0.715. The van der Waals surface area contributed by atoms with Crippen LogP contribution in [0.4, 0.5) is 5.69 Å². The lowest BCUT2D eigenvalue weighted by Gasteiger charge is -2.16. The molecule has 1 saturated heterocycles. The van der Waals surface area contributed by atoms with Crippen molar-refractivity contribution in [3.63, 3.8) is 0 Å². The van der Waals surface area contributed by atoms with Gasteiger partial charge in [-0.3, -0.25) is 0 Å². The SMILES string of the molecule is CC1CC(Nc2ccccc2S(C)(=O)=O)CN1C. The highest BCUT2D eigenvalue weighted by atomic mass is 32.2. The van der Waals surface area contributed by atoms with Crippen LogP contribution < -0.4 is 5.32 Å². The summed E-state index contributed by atoms with van der Waals surface area (Å²) in [4.78, 5) is 2.66. The predicted molar refractivity (Wildman–Crippen MR) is 73.7 cm³/mol. The zero-order valence-electron chi connectivity index (χ0n) is 11.1. The second-order valence-corrected chi connectivity index (χ2v) is 7.12. The highest BCUT2D eigenvalue weighted by Gasteiger charge is 2.26. The Bertz CT molecular complexity index is 518.